The molecule has 0 spiro atoms. The van der Waals surface area contributed by atoms with E-state index in [2.05, 4.69) is 14.7 Å². The zero-order chi connectivity index (χ0) is 21.8. The normalized spacial score (nSPS) is 19.6. The van der Waals surface area contributed by atoms with Gasteiger partial charge in [-0.05, 0) is 18.2 Å². The highest BCUT2D eigenvalue weighted by atomic mass is 19.4. The topological polar surface area (TPSA) is 93.4 Å². The van der Waals surface area contributed by atoms with Crippen molar-refractivity contribution in [2.75, 3.05) is 23.3 Å². The van der Waals surface area contributed by atoms with E-state index in [-0.39, 0.29) is 36.2 Å². The number of anilines is 2. The second-order valence-electron chi connectivity index (χ2n) is 6.83. The Kier molecular flexibility index (Phi) is 4.52. The first-order valence-corrected chi connectivity index (χ1v) is 8.57. The van der Waals surface area contributed by atoms with Crippen LogP contribution in [-0.2, 0) is 10.9 Å². The number of pyridine rings is 2. The fourth-order valence-corrected chi connectivity index (χ4v) is 3.26. The summed E-state index contributed by atoms with van der Waals surface area (Å²) >= 11 is 0. The number of fused-ring (bicyclic) bond motifs is 1. The van der Waals surface area contributed by atoms with E-state index in [9.17, 15) is 31.1 Å². The molecular weight excluding hydrogens is 420 g/mol. The quantitative estimate of drug-likeness (QED) is 0.705. The smallest absolute Gasteiger partial charge is 0.430 e. The zero-order valence-corrected chi connectivity index (χ0v) is 14.9. The van der Waals surface area contributed by atoms with E-state index in [0.717, 1.165) is 18.3 Å². The van der Waals surface area contributed by atoms with Crippen molar-refractivity contribution in [2.24, 2.45) is 5.73 Å². The lowest BCUT2D eigenvalue weighted by Gasteiger charge is -2.38. The minimum absolute atomic E-state index is 0.0728. The number of carbonyl (C=O) groups excluding carboxylic acids is 1. The van der Waals surface area contributed by atoms with Gasteiger partial charge in [-0.15, -0.1) is 0 Å². The molecule has 0 radical (unpaired) electrons. The summed E-state index contributed by atoms with van der Waals surface area (Å²) in [4.78, 5) is 20.8. The van der Waals surface area contributed by atoms with E-state index >= 15 is 0 Å². The highest BCUT2D eigenvalue weighted by molar-refractivity contribution is 5.89. The number of amides is 1. The number of rotatable bonds is 2. The molecule has 7 nitrogen and oxygen atoms in total. The van der Waals surface area contributed by atoms with Crippen molar-refractivity contribution in [3.63, 3.8) is 0 Å². The summed E-state index contributed by atoms with van der Waals surface area (Å²) in [5.41, 5.74) is 3.30. The minimum atomic E-state index is -5.01. The molecule has 2 aliphatic heterocycles. The number of nitrogens with two attached hydrogens (primary N) is 1. The van der Waals surface area contributed by atoms with Crippen LogP contribution in [0.3, 0.4) is 0 Å². The van der Waals surface area contributed by atoms with Crippen molar-refractivity contribution in [3.05, 3.63) is 35.5 Å². The molecule has 13 heteroatoms. The summed E-state index contributed by atoms with van der Waals surface area (Å²) in [5, 5.41) is 2.03. The van der Waals surface area contributed by atoms with Crippen molar-refractivity contribution < 1.29 is 35.9 Å². The van der Waals surface area contributed by atoms with Crippen molar-refractivity contribution in [3.8, 4) is 11.3 Å². The Hall–Kier alpha value is -3.09. The molecule has 1 amide bonds. The summed E-state index contributed by atoms with van der Waals surface area (Å²) in [7, 11) is 0. The maximum absolute atomic E-state index is 13.5. The number of nitrogens with one attached hydrogen (secondary N) is 1. The molecular formula is C17H13F6N5O2. The van der Waals surface area contributed by atoms with Crippen molar-refractivity contribution in [1.29, 1.82) is 0 Å². The third-order valence-corrected chi connectivity index (χ3v) is 4.64. The van der Waals surface area contributed by atoms with Gasteiger partial charge in [-0.2, -0.15) is 26.3 Å². The molecule has 2 aliphatic rings. The third-order valence-electron chi connectivity index (χ3n) is 4.64. The number of halogens is 6. The molecule has 0 aliphatic carbocycles. The van der Waals surface area contributed by atoms with Crippen LogP contribution in [0.5, 0.6) is 0 Å². The molecule has 3 N–H and O–H groups in total. The molecule has 1 saturated heterocycles. The Morgan fingerprint density at radius 2 is 1.87 bits per heavy atom. The summed E-state index contributed by atoms with van der Waals surface area (Å²) in [6.07, 6.45) is -12.8. The van der Waals surface area contributed by atoms with Gasteiger partial charge in [0.25, 0.3) is 0 Å². The number of aromatic nitrogens is 2. The van der Waals surface area contributed by atoms with Crippen LogP contribution in [0.25, 0.3) is 11.3 Å². The average molecular weight is 433 g/mol. The van der Waals surface area contributed by atoms with E-state index in [0.29, 0.717) is 6.07 Å². The van der Waals surface area contributed by atoms with Crippen LogP contribution in [0.4, 0.5) is 42.8 Å². The Balaban J connectivity index is 1.90. The zero-order valence-electron chi connectivity index (χ0n) is 14.9. The van der Waals surface area contributed by atoms with E-state index < -0.39 is 41.5 Å². The Morgan fingerprint density at radius 1 is 1.17 bits per heavy atom. The molecule has 0 saturated carbocycles. The summed E-state index contributed by atoms with van der Waals surface area (Å²) in [6, 6.07) is 2.30. The lowest BCUT2D eigenvalue weighted by Crippen LogP contribution is -2.56. The largest absolute Gasteiger partial charge is 0.431 e. The molecule has 0 aromatic carbocycles. The van der Waals surface area contributed by atoms with Gasteiger partial charge in [-0.25, -0.2) is 14.8 Å². The summed E-state index contributed by atoms with van der Waals surface area (Å²) in [6.45, 7) is 0.513. The standard InChI is InChI=1S/C17H13F6N5O2/c18-16(19,20)7-3-10(26-11(4-7)28-5-8(24)6-28)9-1-2-25-14-12(9)13(17(21,22)23)30-15(29)27-14/h1-4,8,13H,5-6,24H2,(H,25,27,29)/t13-/m1/s1. The Bertz CT molecular complexity index is 1000. The number of hydrogen-bond donors (Lipinski definition) is 2. The van der Waals surface area contributed by atoms with Crippen LogP contribution in [0, 0.1) is 0 Å². The van der Waals surface area contributed by atoms with Crippen LogP contribution in [-0.4, -0.2) is 41.4 Å². The second-order valence-corrected chi connectivity index (χ2v) is 6.83. The van der Waals surface area contributed by atoms with Gasteiger partial charge >= 0.3 is 18.4 Å². The van der Waals surface area contributed by atoms with Crippen LogP contribution < -0.4 is 16.0 Å². The molecule has 2 aromatic heterocycles. The highest BCUT2D eigenvalue weighted by Crippen LogP contribution is 2.46. The molecule has 4 rings (SSSR count). The van der Waals surface area contributed by atoms with Gasteiger partial charge in [0.2, 0.25) is 6.10 Å². The summed E-state index contributed by atoms with van der Waals surface area (Å²) in [5.74, 6) is -0.533. The number of ether oxygens (including phenoxy) is 1. The second kappa shape index (κ2) is 6.72. The van der Waals surface area contributed by atoms with Crippen molar-refractivity contribution in [1.82, 2.24) is 9.97 Å². The number of nitrogens with zero attached hydrogens (tertiary/aromatic N) is 3. The monoisotopic (exact) mass is 433 g/mol. The molecule has 4 heterocycles. The van der Waals surface area contributed by atoms with E-state index in [1.54, 1.807) is 0 Å². The third kappa shape index (κ3) is 3.60. The lowest BCUT2D eigenvalue weighted by molar-refractivity contribution is -0.206. The van der Waals surface area contributed by atoms with E-state index in [1.165, 1.54) is 4.90 Å². The number of hydrogen-bond acceptors (Lipinski definition) is 6. The van der Waals surface area contributed by atoms with Crippen molar-refractivity contribution >= 4 is 17.7 Å². The van der Waals surface area contributed by atoms with Gasteiger partial charge in [-0.3, -0.25) is 5.32 Å². The first-order valence-electron chi connectivity index (χ1n) is 8.57. The van der Waals surface area contributed by atoms with Crippen LogP contribution in [0.15, 0.2) is 24.4 Å². The fourth-order valence-electron chi connectivity index (χ4n) is 3.26. The van der Waals surface area contributed by atoms with Crippen LogP contribution in [0.2, 0.25) is 0 Å². The molecule has 30 heavy (non-hydrogen) atoms. The first-order chi connectivity index (χ1) is 13.9. The summed E-state index contributed by atoms with van der Waals surface area (Å²) < 4.78 is 85.2. The SMILES string of the molecule is NC1CN(c2cc(C(F)(F)F)cc(-c3ccnc4c3[C@H](C(F)(F)F)OC(=O)N4)n2)C1. The molecule has 0 bridgehead atoms. The molecule has 2 aromatic rings. The maximum atomic E-state index is 13.5. The predicted molar refractivity (Wildman–Crippen MR) is 91.6 cm³/mol. The average Bonchev–Trinajstić information content (AvgIpc) is 2.62. The Labute approximate surface area is 164 Å². The predicted octanol–water partition coefficient (Wildman–Crippen LogP) is 3.48. The maximum Gasteiger partial charge on any atom is 0.430 e. The number of alkyl halides is 6. The van der Waals surface area contributed by atoms with E-state index in [1.807, 2.05) is 5.32 Å². The van der Waals surface area contributed by atoms with Gasteiger partial charge in [-0.1, -0.05) is 0 Å². The number of cyclic esters (lactones) is 1. The van der Waals surface area contributed by atoms with E-state index in [4.69, 9.17) is 5.73 Å². The van der Waals surface area contributed by atoms with Gasteiger partial charge in [0.05, 0.1) is 16.8 Å². The molecule has 1 atom stereocenters. The highest BCUT2D eigenvalue weighted by Gasteiger charge is 2.49. The number of carbonyl (C=O) groups is 1. The van der Waals surface area contributed by atoms with Crippen LogP contribution in [0.1, 0.15) is 17.2 Å². The van der Waals surface area contributed by atoms with Gasteiger partial charge in [0.15, 0.2) is 0 Å². The molecule has 1 fully saturated rings. The Morgan fingerprint density at radius 3 is 2.47 bits per heavy atom. The molecule has 0 unspecified atom stereocenters. The van der Waals surface area contributed by atoms with Gasteiger partial charge < -0.3 is 15.4 Å². The fraction of sp³-hybridized carbons (Fsp3) is 0.353. The lowest BCUT2D eigenvalue weighted by atomic mass is 9.98. The van der Waals surface area contributed by atoms with Crippen molar-refractivity contribution in [2.45, 2.75) is 24.5 Å². The van der Waals surface area contributed by atoms with Gasteiger partial charge in [0, 0.05) is 30.9 Å². The molecule has 160 valence electrons. The van der Waals surface area contributed by atoms with Gasteiger partial charge in [0.1, 0.15) is 11.6 Å². The van der Waals surface area contributed by atoms with Crippen LogP contribution >= 0.6 is 0 Å². The first kappa shape index (κ1) is 20.2. The minimum Gasteiger partial charge on any atom is -0.431 e.